The highest BCUT2D eigenvalue weighted by atomic mass is 15.3. The number of hydrogen-bond donors (Lipinski definition) is 2. The summed E-state index contributed by atoms with van der Waals surface area (Å²) in [6, 6.07) is 2.25. The van der Waals surface area contributed by atoms with Crippen molar-refractivity contribution in [3.63, 3.8) is 0 Å². The second kappa shape index (κ2) is 5.24. The van der Waals surface area contributed by atoms with Crippen molar-refractivity contribution in [2.75, 3.05) is 6.54 Å². The van der Waals surface area contributed by atoms with Gasteiger partial charge in [0.2, 0.25) is 5.96 Å². The lowest BCUT2D eigenvalue weighted by Gasteiger charge is -2.25. The Morgan fingerprint density at radius 3 is 2.58 bits per heavy atom. The third-order valence-electron chi connectivity index (χ3n) is 1.51. The molecular weight excluding hydrogens is 154 g/mol. The molecule has 0 aromatic heterocycles. The molecule has 5 heteroatoms. The summed E-state index contributed by atoms with van der Waals surface area (Å²) < 4.78 is 0. The summed E-state index contributed by atoms with van der Waals surface area (Å²) in [5.41, 5.74) is 5.50. The molecule has 0 bridgehead atoms. The van der Waals surface area contributed by atoms with Gasteiger partial charge in [0.25, 0.3) is 0 Å². The molecule has 4 N–H and O–H groups in total. The summed E-state index contributed by atoms with van der Waals surface area (Å²) >= 11 is 0. The molecule has 0 aliphatic carbocycles. The topological polar surface area (TPSA) is 91.4 Å². The van der Waals surface area contributed by atoms with E-state index in [2.05, 4.69) is 5.10 Å². The molecule has 0 saturated carbocycles. The summed E-state index contributed by atoms with van der Waals surface area (Å²) in [5, 5.41) is 11.7. The van der Waals surface area contributed by atoms with Gasteiger partial charge in [0.1, 0.15) is 0 Å². The Morgan fingerprint density at radius 1 is 1.67 bits per heavy atom. The zero-order valence-corrected chi connectivity index (χ0v) is 7.49. The highest BCUT2D eigenvalue weighted by Crippen LogP contribution is 1.97. The van der Waals surface area contributed by atoms with Gasteiger partial charge in [-0.05, 0) is 13.8 Å². The van der Waals surface area contributed by atoms with Gasteiger partial charge in [-0.1, -0.05) is 0 Å². The molecule has 0 aliphatic heterocycles. The predicted octanol–water partition coefficient (Wildman–Crippen LogP) is -0.201. The van der Waals surface area contributed by atoms with Crippen molar-refractivity contribution in [2.24, 2.45) is 16.7 Å². The van der Waals surface area contributed by atoms with Crippen LogP contribution in [0.1, 0.15) is 20.3 Å². The Balaban J connectivity index is 4.16. The van der Waals surface area contributed by atoms with E-state index in [0.717, 1.165) is 0 Å². The number of nitriles is 1. The van der Waals surface area contributed by atoms with Crippen LogP contribution >= 0.6 is 0 Å². The van der Waals surface area contributed by atoms with Crippen LogP contribution < -0.4 is 11.6 Å². The summed E-state index contributed by atoms with van der Waals surface area (Å²) in [7, 11) is 0. The van der Waals surface area contributed by atoms with Gasteiger partial charge in [0.05, 0.1) is 12.5 Å². The fourth-order valence-electron chi connectivity index (χ4n) is 0.882. The summed E-state index contributed by atoms with van der Waals surface area (Å²) in [5.74, 6) is 5.30. The molecule has 0 aliphatic rings. The first kappa shape index (κ1) is 10.6. The van der Waals surface area contributed by atoms with Crippen molar-refractivity contribution in [1.29, 1.82) is 5.26 Å². The molecule has 12 heavy (non-hydrogen) atoms. The van der Waals surface area contributed by atoms with Crippen molar-refractivity contribution in [3.8, 4) is 6.07 Å². The van der Waals surface area contributed by atoms with Gasteiger partial charge in [-0.25, -0.2) is 0 Å². The third-order valence-corrected chi connectivity index (χ3v) is 1.51. The maximum absolute atomic E-state index is 8.36. The minimum absolute atomic E-state index is 0.214. The maximum Gasteiger partial charge on any atom is 0.213 e. The third kappa shape index (κ3) is 3.10. The van der Waals surface area contributed by atoms with E-state index in [1.807, 2.05) is 19.9 Å². The Kier molecular flexibility index (Phi) is 4.61. The lowest BCUT2D eigenvalue weighted by molar-refractivity contribution is 0.352. The highest BCUT2D eigenvalue weighted by molar-refractivity contribution is 5.77. The lowest BCUT2D eigenvalue weighted by Crippen LogP contribution is -2.43. The second-order valence-corrected chi connectivity index (χ2v) is 2.68. The molecule has 0 heterocycles. The zero-order chi connectivity index (χ0) is 9.56. The molecular formula is C7H15N5. The molecule has 0 atom stereocenters. The number of hydrogen-bond acceptors (Lipinski definition) is 3. The fourth-order valence-corrected chi connectivity index (χ4v) is 0.882. The van der Waals surface area contributed by atoms with Crippen molar-refractivity contribution in [3.05, 3.63) is 0 Å². The van der Waals surface area contributed by atoms with E-state index in [-0.39, 0.29) is 12.0 Å². The van der Waals surface area contributed by atoms with Crippen molar-refractivity contribution >= 4 is 5.96 Å². The number of hydrazone groups is 1. The SMILES string of the molecule is CC(C)N(CCC#N)C(N)=NN. The Hall–Kier alpha value is -1.44. The minimum Gasteiger partial charge on any atom is -0.368 e. The smallest absolute Gasteiger partial charge is 0.213 e. The molecule has 0 spiro atoms. The number of guanidine groups is 1. The first-order valence-corrected chi connectivity index (χ1v) is 3.80. The van der Waals surface area contributed by atoms with Gasteiger partial charge < -0.3 is 16.5 Å². The maximum atomic E-state index is 8.36. The van der Waals surface area contributed by atoms with E-state index in [1.165, 1.54) is 0 Å². The standard InChI is InChI=1S/C7H15N5/c1-6(2)12(5-3-4-8)7(9)11-10/h6H,3,5,10H2,1-2H3,(H2,9,11). The van der Waals surface area contributed by atoms with Gasteiger partial charge >= 0.3 is 0 Å². The second-order valence-electron chi connectivity index (χ2n) is 2.68. The van der Waals surface area contributed by atoms with E-state index >= 15 is 0 Å². The van der Waals surface area contributed by atoms with Crippen LogP contribution in [0.4, 0.5) is 0 Å². The zero-order valence-electron chi connectivity index (χ0n) is 7.49. The monoisotopic (exact) mass is 169 g/mol. The highest BCUT2D eigenvalue weighted by Gasteiger charge is 2.10. The van der Waals surface area contributed by atoms with Crippen LogP contribution in [0, 0.1) is 11.3 Å². The molecule has 5 nitrogen and oxygen atoms in total. The quantitative estimate of drug-likeness (QED) is 0.265. The van der Waals surface area contributed by atoms with Crippen LogP contribution in [0.2, 0.25) is 0 Å². The van der Waals surface area contributed by atoms with Crippen LogP contribution in [0.3, 0.4) is 0 Å². The van der Waals surface area contributed by atoms with Gasteiger partial charge in [0, 0.05) is 12.6 Å². The number of nitrogens with two attached hydrogens (primary N) is 2. The van der Waals surface area contributed by atoms with E-state index in [9.17, 15) is 0 Å². The molecule has 0 aromatic carbocycles. The number of nitrogens with zero attached hydrogens (tertiary/aromatic N) is 3. The summed E-state index contributed by atoms with van der Waals surface area (Å²) in [4.78, 5) is 1.78. The lowest BCUT2D eigenvalue weighted by atomic mass is 10.3. The first-order valence-electron chi connectivity index (χ1n) is 3.80. The van der Waals surface area contributed by atoms with Crippen LogP contribution in [0.15, 0.2) is 5.10 Å². The summed E-state index contributed by atoms with van der Waals surface area (Å²) in [6.45, 7) is 4.51. The van der Waals surface area contributed by atoms with Crippen molar-refractivity contribution in [1.82, 2.24) is 4.90 Å². The van der Waals surface area contributed by atoms with Gasteiger partial charge in [0.15, 0.2) is 0 Å². The van der Waals surface area contributed by atoms with E-state index < -0.39 is 0 Å². The van der Waals surface area contributed by atoms with E-state index in [1.54, 1.807) is 4.90 Å². The van der Waals surface area contributed by atoms with Crippen LogP contribution in [0.25, 0.3) is 0 Å². The molecule has 0 radical (unpaired) electrons. The first-order chi connectivity index (χ1) is 5.63. The van der Waals surface area contributed by atoms with Gasteiger partial charge in [-0.15, -0.1) is 5.10 Å². The fraction of sp³-hybridized carbons (Fsp3) is 0.714. The Bertz CT molecular complexity index is 190. The molecule has 0 unspecified atom stereocenters. The molecule has 0 amide bonds. The van der Waals surface area contributed by atoms with E-state index in [4.69, 9.17) is 16.8 Å². The minimum atomic E-state index is 0.214. The summed E-state index contributed by atoms with van der Waals surface area (Å²) in [6.07, 6.45) is 0.425. The average Bonchev–Trinajstić information content (AvgIpc) is 2.04. The predicted molar refractivity (Wildman–Crippen MR) is 47.9 cm³/mol. The molecule has 0 rings (SSSR count). The van der Waals surface area contributed by atoms with Crippen LogP contribution in [0.5, 0.6) is 0 Å². The van der Waals surface area contributed by atoms with Gasteiger partial charge in [-0.3, -0.25) is 0 Å². The van der Waals surface area contributed by atoms with E-state index in [0.29, 0.717) is 13.0 Å². The van der Waals surface area contributed by atoms with Gasteiger partial charge in [-0.2, -0.15) is 5.26 Å². The molecule has 0 fully saturated rings. The van der Waals surface area contributed by atoms with Crippen molar-refractivity contribution in [2.45, 2.75) is 26.3 Å². The largest absolute Gasteiger partial charge is 0.368 e. The van der Waals surface area contributed by atoms with Crippen LogP contribution in [-0.4, -0.2) is 23.4 Å². The molecule has 0 aromatic rings. The van der Waals surface area contributed by atoms with Crippen molar-refractivity contribution < 1.29 is 0 Å². The normalized spacial score (nSPS) is 11.3. The Morgan fingerprint density at radius 2 is 2.25 bits per heavy atom. The molecule has 68 valence electrons. The Labute approximate surface area is 72.6 Å². The van der Waals surface area contributed by atoms with Crippen LogP contribution in [-0.2, 0) is 0 Å². The molecule has 0 saturated heterocycles. The number of rotatable bonds is 3. The average molecular weight is 169 g/mol.